The Labute approximate surface area is 193 Å². The van der Waals surface area contributed by atoms with Gasteiger partial charge in [0.05, 0.1) is 27.7 Å². The lowest BCUT2D eigenvalue weighted by molar-refractivity contribution is -0.118. The molecule has 6 nitrogen and oxygen atoms in total. The van der Waals surface area contributed by atoms with E-state index in [2.05, 4.69) is 15.5 Å². The molecule has 160 valence electrons. The van der Waals surface area contributed by atoms with Crippen LogP contribution in [0.2, 0.25) is 0 Å². The molecule has 0 spiro atoms. The molecule has 4 aromatic rings. The van der Waals surface area contributed by atoms with Gasteiger partial charge in [-0.2, -0.15) is 5.10 Å². The SMILES string of the molecule is Cc1cccc(C(=O)Oc2ccc(/C=N\NC(=O)CSc3nc4ccccc4s3)cc2)c1. The van der Waals surface area contributed by atoms with Crippen LogP contribution < -0.4 is 10.2 Å². The van der Waals surface area contributed by atoms with Gasteiger partial charge < -0.3 is 4.74 Å². The lowest BCUT2D eigenvalue weighted by atomic mass is 10.1. The molecule has 3 aromatic carbocycles. The number of esters is 1. The van der Waals surface area contributed by atoms with Crippen LogP contribution in [-0.4, -0.2) is 28.8 Å². The summed E-state index contributed by atoms with van der Waals surface area (Å²) in [6.45, 7) is 1.92. The summed E-state index contributed by atoms with van der Waals surface area (Å²) in [4.78, 5) is 28.7. The molecule has 0 saturated heterocycles. The zero-order valence-corrected chi connectivity index (χ0v) is 18.8. The van der Waals surface area contributed by atoms with E-state index in [4.69, 9.17) is 4.74 Å². The first-order valence-electron chi connectivity index (χ1n) is 9.76. The summed E-state index contributed by atoms with van der Waals surface area (Å²) < 4.78 is 7.33. The molecule has 0 aliphatic heterocycles. The molecule has 1 N–H and O–H groups in total. The average Bonchev–Trinajstić information content (AvgIpc) is 3.22. The smallest absolute Gasteiger partial charge is 0.343 e. The van der Waals surface area contributed by atoms with Crippen LogP contribution in [0.5, 0.6) is 5.75 Å². The first-order chi connectivity index (χ1) is 15.6. The standard InChI is InChI=1S/C24H19N3O3S2/c1-16-5-4-6-18(13-16)23(29)30-19-11-9-17(10-12-19)14-25-27-22(28)15-31-24-26-20-7-2-3-8-21(20)32-24/h2-14H,15H2,1H3,(H,27,28)/b25-14-. The van der Waals surface area contributed by atoms with Crippen molar-refractivity contribution in [2.75, 3.05) is 5.75 Å². The molecule has 0 aliphatic carbocycles. The molecule has 0 unspecified atom stereocenters. The van der Waals surface area contributed by atoms with Crippen molar-refractivity contribution in [2.45, 2.75) is 11.3 Å². The first kappa shape index (κ1) is 21.7. The number of carbonyl (C=O) groups excluding carboxylic acids is 2. The van der Waals surface area contributed by atoms with Gasteiger partial charge >= 0.3 is 5.97 Å². The van der Waals surface area contributed by atoms with Crippen LogP contribution in [0.25, 0.3) is 10.2 Å². The number of aromatic nitrogens is 1. The molecule has 1 aromatic heterocycles. The first-order valence-corrected chi connectivity index (χ1v) is 11.6. The number of ether oxygens (including phenoxy) is 1. The number of para-hydroxylation sites is 1. The fourth-order valence-corrected chi connectivity index (χ4v) is 4.67. The number of nitrogens with zero attached hydrogens (tertiary/aromatic N) is 2. The van der Waals surface area contributed by atoms with E-state index in [9.17, 15) is 9.59 Å². The lowest BCUT2D eigenvalue weighted by Gasteiger charge is -2.05. The van der Waals surface area contributed by atoms with E-state index < -0.39 is 5.97 Å². The number of thioether (sulfide) groups is 1. The molecular weight excluding hydrogens is 442 g/mol. The van der Waals surface area contributed by atoms with Gasteiger partial charge in [-0.25, -0.2) is 15.2 Å². The Kier molecular flexibility index (Phi) is 6.94. The van der Waals surface area contributed by atoms with Crippen molar-refractivity contribution in [3.8, 4) is 5.75 Å². The Hall–Kier alpha value is -3.49. The Morgan fingerprint density at radius 2 is 1.91 bits per heavy atom. The van der Waals surface area contributed by atoms with E-state index in [-0.39, 0.29) is 11.7 Å². The fraction of sp³-hybridized carbons (Fsp3) is 0.0833. The van der Waals surface area contributed by atoms with Crippen molar-refractivity contribution in [2.24, 2.45) is 5.10 Å². The largest absolute Gasteiger partial charge is 0.423 e. The maximum absolute atomic E-state index is 12.2. The Morgan fingerprint density at radius 3 is 2.69 bits per heavy atom. The Morgan fingerprint density at radius 1 is 1.09 bits per heavy atom. The number of carbonyl (C=O) groups is 2. The van der Waals surface area contributed by atoms with E-state index in [1.54, 1.807) is 47.7 Å². The molecular formula is C24H19N3O3S2. The van der Waals surface area contributed by atoms with Gasteiger partial charge in [-0.1, -0.05) is 41.6 Å². The number of rotatable bonds is 7. The van der Waals surface area contributed by atoms with Gasteiger partial charge in [0.25, 0.3) is 5.91 Å². The highest BCUT2D eigenvalue weighted by Crippen LogP contribution is 2.29. The highest BCUT2D eigenvalue weighted by Gasteiger charge is 2.09. The summed E-state index contributed by atoms with van der Waals surface area (Å²) in [6.07, 6.45) is 1.53. The van der Waals surface area contributed by atoms with Crippen LogP contribution in [0.15, 0.2) is 82.2 Å². The van der Waals surface area contributed by atoms with Crippen LogP contribution in [0.1, 0.15) is 21.5 Å². The number of thiazole rings is 1. The van der Waals surface area contributed by atoms with Crippen molar-refractivity contribution >= 4 is 51.4 Å². The second kappa shape index (κ2) is 10.2. The maximum Gasteiger partial charge on any atom is 0.343 e. The highest BCUT2D eigenvalue weighted by molar-refractivity contribution is 8.01. The van der Waals surface area contributed by atoms with Crippen molar-refractivity contribution in [3.05, 3.63) is 89.5 Å². The number of hydrogen-bond acceptors (Lipinski definition) is 7. The number of fused-ring (bicyclic) bond motifs is 1. The molecule has 0 bridgehead atoms. The van der Waals surface area contributed by atoms with E-state index in [1.807, 2.05) is 43.3 Å². The molecule has 0 fully saturated rings. The van der Waals surface area contributed by atoms with Gasteiger partial charge in [0.1, 0.15) is 5.75 Å². The third-order valence-corrected chi connectivity index (χ3v) is 6.53. The van der Waals surface area contributed by atoms with Crippen molar-refractivity contribution in [1.29, 1.82) is 0 Å². The Balaban J connectivity index is 1.25. The summed E-state index contributed by atoms with van der Waals surface area (Å²) in [5, 5.41) is 3.98. The van der Waals surface area contributed by atoms with Crippen molar-refractivity contribution in [3.63, 3.8) is 0 Å². The third kappa shape index (κ3) is 5.81. The molecule has 32 heavy (non-hydrogen) atoms. The van der Waals surface area contributed by atoms with E-state index >= 15 is 0 Å². The van der Waals surface area contributed by atoms with Crippen molar-refractivity contribution in [1.82, 2.24) is 10.4 Å². The monoisotopic (exact) mass is 461 g/mol. The number of nitrogens with one attached hydrogen (secondary N) is 1. The summed E-state index contributed by atoms with van der Waals surface area (Å²) in [5.74, 6) is 0.0394. The minimum atomic E-state index is -0.409. The Bertz CT molecular complexity index is 1250. The quantitative estimate of drug-likeness (QED) is 0.137. The average molecular weight is 462 g/mol. The number of aryl methyl sites for hydroxylation is 1. The molecule has 0 aliphatic rings. The van der Waals surface area contributed by atoms with Crippen LogP contribution >= 0.6 is 23.1 Å². The maximum atomic E-state index is 12.2. The minimum Gasteiger partial charge on any atom is -0.423 e. The molecule has 0 atom stereocenters. The minimum absolute atomic E-state index is 0.214. The molecule has 1 amide bonds. The van der Waals surface area contributed by atoms with Crippen LogP contribution in [-0.2, 0) is 4.79 Å². The molecule has 0 saturated carbocycles. The lowest BCUT2D eigenvalue weighted by Crippen LogP contribution is -2.19. The molecule has 1 heterocycles. The number of benzene rings is 3. The number of hydrazone groups is 1. The number of hydrogen-bond donors (Lipinski definition) is 1. The molecule has 0 radical (unpaired) electrons. The fourth-order valence-electron chi connectivity index (χ4n) is 2.81. The van der Waals surface area contributed by atoms with Crippen LogP contribution in [0.3, 0.4) is 0 Å². The van der Waals surface area contributed by atoms with Gasteiger partial charge in [-0.3, -0.25) is 4.79 Å². The summed E-state index contributed by atoms with van der Waals surface area (Å²) in [6, 6.07) is 22.0. The predicted octanol–water partition coefficient (Wildman–Crippen LogP) is 5.07. The van der Waals surface area contributed by atoms with Gasteiger partial charge in [0, 0.05) is 0 Å². The van der Waals surface area contributed by atoms with Crippen LogP contribution in [0, 0.1) is 6.92 Å². The van der Waals surface area contributed by atoms with E-state index in [1.165, 1.54) is 18.0 Å². The van der Waals surface area contributed by atoms with E-state index in [0.717, 1.165) is 25.7 Å². The zero-order chi connectivity index (χ0) is 22.3. The van der Waals surface area contributed by atoms with Gasteiger partial charge in [-0.15, -0.1) is 11.3 Å². The summed E-state index contributed by atoms with van der Waals surface area (Å²) >= 11 is 2.94. The molecule has 8 heteroatoms. The van der Waals surface area contributed by atoms with Gasteiger partial charge in [0.15, 0.2) is 4.34 Å². The highest BCUT2D eigenvalue weighted by atomic mass is 32.2. The van der Waals surface area contributed by atoms with Gasteiger partial charge in [0.2, 0.25) is 0 Å². The van der Waals surface area contributed by atoms with Gasteiger partial charge in [-0.05, 0) is 61.0 Å². The topological polar surface area (TPSA) is 80.6 Å². The third-order valence-electron chi connectivity index (χ3n) is 4.35. The second-order valence-corrected chi connectivity index (χ2v) is 9.11. The zero-order valence-electron chi connectivity index (χ0n) is 17.1. The van der Waals surface area contributed by atoms with Crippen molar-refractivity contribution < 1.29 is 14.3 Å². The normalized spacial score (nSPS) is 11.0. The van der Waals surface area contributed by atoms with Crippen LogP contribution in [0.4, 0.5) is 0 Å². The van der Waals surface area contributed by atoms with E-state index in [0.29, 0.717) is 11.3 Å². The second-order valence-electron chi connectivity index (χ2n) is 6.86. The number of amides is 1. The predicted molar refractivity (Wildman–Crippen MR) is 129 cm³/mol. The molecule has 4 rings (SSSR count). The summed E-state index contributed by atoms with van der Waals surface area (Å²) in [5.41, 5.74) is 5.70. The summed E-state index contributed by atoms with van der Waals surface area (Å²) in [7, 11) is 0.